The fourth-order valence-electron chi connectivity index (χ4n) is 2.44. The lowest BCUT2D eigenvalue weighted by Gasteiger charge is -2.18. The Balaban J connectivity index is 1.77. The van der Waals surface area contributed by atoms with Crippen LogP contribution in [0.2, 0.25) is 0 Å². The standard InChI is InChI=1S/C19H23N5O3/c1-12-6-7-13(10-14(12)20-5)26-17-9-8-16-21-15(11-24(16)23-17)22-18(25)27-19(2,3)4/h6-11,20H,1-5H3,(H,22,25). The van der Waals surface area contributed by atoms with Gasteiger partial charge in [0.1, 0.15) is 11.4 Å². The molecular weight excluding hydrogens is 346 g/mol. The van der Waals surface area contributed by atoms with Gasteiger partial charge in [-0.15, -0.1) is 5.10 Å². The Labute approximate surface area is 157 Å². The van der Waals surface area contributed by atoms with E-state index in [1.165, 1.54) is 4.52 Å². The summed E-state index contributed by atoms with van der Waals surface area (Å²) in [5.74, 6) is 1.43. The van der Waals surface area contributed by atoms with Crippen molar-refractivity contribution >= 4 is 23.2 Å². The van der Waals surface area contributed by atoms with Crippen LogP contribution in [0.25, 0.3) is 5.65 Å². The SMILES string of the molecule is CNc1cc(Oc2ccc3nc(NC(=O)OC(C)(C)C)cn3n2)ccc1C. The summed E-state index contributed by atoms with van der Waals surface area (Å²) in [5, 5.41) is 10.1. The normalized spacial score (nSPS) is 11.3. The topological polar surface area (TPSA) is 89.8 Å². The van der Waals surface area contributed by atoms with Gasteiger partial charge >= 0.3 is 6.09 Å². The first-order valence-electron chi connectivity index (χ1n) is 8.56. The summed E-state index contributed by atoms with van der Waals surface area (Å²) < 4.78 is 12.6. The quantitative estimate of drug-likeness (QED) is 0.716. The first-order valence-corrected chi connectivity index (χ1v) is 8.56. The van der Waals surface area contributed by atoms with E-state index in [4.69, 9.17) is 9.47 Å². The fourth-order valence-corrected chi connectivity index (χ4v) is 2.44. The third-order valence-corrected chi connectivity index (χ3v) is 3.63. The van der Waals surface area contributed by atoms with Crippen LogP contribution in [0.4, 0.5) is 16.3 Å². The van der Waals surface area contributed by atoms with Gasteiger partial charge in [0.2, 0.25) is 5.88 Å². The summed E-state index contributed by atoms with van der Waals surface area (Å²) in [6.07, 6.45) is 1.03. The van der Waals surface area contributed by atoms with Crippen molar-refractivity contribution in [2.75, 3.05) is 17.7 Å². The van der Waals surface area contributed by atoms with Gasteiger partial charge in [-0.3, -0.25) is 5.32 Å². The number of rotatable bonds is 4. The Hall–Kier alpha value is -3.29. The van der Waals surface area contributed by atoms with Crippen LogP contribution in [0.1, 0.15) is 26.3 Å². The van der Waals surface area contributed by atoms with Crippen LogP contribution in [-0.2, 0) is 4.74 Å². The predicted molar refractivity (Wildman–Crippen MR) is 104 cm³/mol. The number of hydrogen-bond donors (Lipinski definition) is 2. The third kappa shape index (κ3) is 4.66. The molecule has 1 amide bonds. The van der Waals surface area contributed by atoms with E-state index in [2.05, 4.69) is 20.7 Å². The second-order valence-electron chi connectivity index (χ2n) is 7.06. The largest absolute Gasteiger partial charge is 0.444 e. The van der Waals surface area contributed by atoms with Crippen LogP contribution in [0.5, 0.6) is 11.6 Å². The van der Waals surface area contributed by atoms with Crippen LogP contribution >= 0.6 is 0 Å². The van der Waals surface area contributed by atoms with Crippen LogP contribution in [0.15, 0.2) is 36.5 Å². The average molecular weight is 369 g/mol. The number of hydrogen-bond acceptors (Lipinski definition) is 6. The molecule has 0 fully saturated rings. The first kappa shape index (κ1) is 18.5. The van der Waals surface area contributed by atoms with Crippen molar-refractivity contribution in [2.24, 2.45) is 0 Å². The molecule has 1 aromatic carbocycles. The van der Waals surface area contributed by atoms with Crippen molar-refractivity contribution in [3.63, 3.8) is 0 Å². The van der Waals surface area contributed by atoms with Gasteiger partial charge in [0.05, 0.1) is 6.20 Å². The Bertz CT molecular complexity index is 975. The molecule has 0 saturated heterocycles. The summed E-state index contributed by atoms with van der Waals surface area (Å²) in [6.45, 7) is 7.41. The van der Waals surface area contributed by atoms with Crippen LogP contribution in [-0.4, -0.2) is 33.3 Å². The number of fused-ring (bicyclic) bond motifs is 1. The number of carbonyl (C=O) groups excluding carboxylic acids is 1. The van der Waals surface area contributed by atoms with Crippen molar-refractivity contribution in [1.82, 2.24) is 14.6 Å². The molecule has 3 aromatic rings. The van der Waals surface area contributed by atoms with Gasteiger partial charge in [-0.25, -0.2) is 14.3 Å². The van der Waals surface area contributed by atoms with E-state index in [1.54, 1.807) is 39.1 Å². The molecule has 8 heteroatoms. The minimum atomic E-state index is -0.581. The smallest absolute Gasteiger partial charge is 0.413 e. The predicted octanol–water partition coefficient (Wildman–Crippen LogP) is 4.22. The zero-order valence-electron chi connectivity index (χ0n) is 16.0. The molecule has 3 rings (SSSR count). The maximum Gasteiger partial charge on any atom is 0.413 e. The molecule has 0 aliphatic heterocycles. The van der Waals surface area contributed by atoms with Gasteiger partial charge in [0.25, 0.3) is 0 Å². The highest BCUT2D eigenvalue weighted by Gasteiger charge is 2.17. The van der Waals surface area contributed by atoms with Gasteiger partial charge in [-0.05, 0) is 45.4 Å². The summed E-state index contributed by atoms with van der Waals surface area (Å²) in [7, 11) is 1.86. The monoisotopic (exact) mass is 369 g/mol. The van der Waals surface area contributed by atoms with E-state index < -0.39 is 11.7 Å². The minimum absolute atomic E-state index is 0.349. The molecule has 0 spiro atoms. The van der Waals surface area contributed by atoms with E-state index in [1.807, 2.05) is 32.2 Å². The highest BCUT2D eigenvalue weighted by molar-refractivity contribution is 5.84. The number of nitrogens with one attached hydrogen (secondary N) is 2. The molecule has 27 heavy (non-hydrogen) atoms. The Morgan fingerprint density at radius 2 is 1.96 bits per heavy atom. The van der Waals surface area contributed by atoms with Gasteiger partial charge in [-0.1, -0.05) is 6.07 Å². The van der Waals surface area contributed by atoms with E-state index in [9.17, 15) is 4.79 Å². The zero-order chi connectivity index (χ0) is 19.6. The number of aromatic nitrogens is 3. The fraction of sp³-hybridized carbons (Fsp3) is 0.316. The molecule has 0 unspecified atom stereocenters. The number of amides is 1. The minimum Gasteiger partial charge on any atom is -0.444 e. The number of ether oxygens (including phenoxy) is 2. The number of carbonyl (C=O) groups is 1. The van der Waals surface area contributed by atoms with Crippen LogP contribution in [0.3, 0.4) is 0 Å². The molecule has 2 heterocycles. The summed E-state index contributed by atoms with van der Waals surface area (Å²) in [4.78, 5) is 16.2. The number of aryl methyl sites for hydroxylation is 1. The highest BCUT2D eigenvalue weighted by atomic mass is 16.6. The maximum absolute atomic E-state index is 11.9. The van der Waals surface area contributed by atoms with Gasteiger partial charge in [-0.2, -0.15) is 0 Å². The second-order valence-corrected chi connectivity index (χ2v) is 7.06. The zero-order valence-corrected chi connectivity index (χ0v) is 16.0. The number of imidazole rings is 1. The van der Waals surface area contributed by atoms with Gasteiger partial charge in [0.15, 0.2) is 11.5 Å². The molecule has 0 bridgehead atoms. The lowest BCUT2D eigenvalue weighted by molar-refractivity contribution is 0.0635. The third-order valence-electron chi connectivity index (χ3n) is 3.63. The van der Waals surface area contributed by atoms with E-state index >= 15 is 0 Å². The molecule has 2 N–H and O–H groups in total. The van der Waals surface area contributed by atoms with E-state index in [0.29, 0.717) is 23.1 Å². The van der Waals surface area contributed by atoms with Crippen molar-refractivity contribution in [2.45, 2.75) is 33.3 Å². The van der Waals surface area contributed by atoms with E-state index in [-0.39, 0.29) is 0 Å². The van der Waals surface area contributed by atoms with E-state index in [0.717, 1.165) is 11.3 Å². The van der Waals surface area contributed by atoms with Gasteiger partial charge < -0.3 is 14.8 Å². The molecule has 0 radical (unpaired) electrons. The highest BCUT2D eigenvalue weighted by Crippen LogP contribution is 2.25. The van der Waals surface area contributed by atoms with Crippen molar-refractivity contribution in [3.8, 4) is 11.6 Å². The molecular formula is C19H23N5O3. The Morgan fingerprint density at radius 1 is 1.19 bits per heavy atom. The molecule has 0 aliphatic carbocycles. The summed E-state index contributed by atoms with van der Waals surface area (Å²) >= 11 is 0. The Kier molecular flexibility index (Phi) is 4.89. The molecule has 142 valence electrons. The lowest BCUT2D eigenvalue weighted by atomic mass is 10.2. The molecule has 0 aliphatic rings. The van der Waals surface area contributed by atoms with Crippen molar-refractivity contribution in [3.05, 3.63) is 42.1 Å². The molecule has 8 nitrogen and oxygen atoms in total. The summed E-state index contributed by atoms with van der Waals surface area (Å²) in [5.41, 5.74) is 2.11. The van der Waals surface area contributed by atoms with Crippen LogP contribution < -0.4 is 15.4 Å². The van der Waals surface area contributed by atoms with Crippen LogP contribution in [0, 0.1) is 6.92 Å². The van der Waals surface area contributed by atoms with Gasteiger partial charge in [0, 0.05) is 24.9 Å². The molecule has 0 atom stereocenters. The second kappa shape index (κ2) is 7.14. The number of nitrogens with zero attached hydrogens (tertiary/aromatic N) is 3. The first-order chi connectivity index (χ1) is 12.7. The number of benzene rings is 1. The Morgan fingerprint density at radius 3 is 2.67 bits per heavy atom. The van der Waals surface area contributed by atoms with Crippen molar-refractivity contribution < 1.29 is 14.3 Å². The lowest BCUT2D eigenvalue weighted by Crippen LogP contribution is -2.27. The van der Waals surface area contributed by atoms with Crippen molar-refractivity contribution in [1.29, 1.82) is 0 Å². The average Bonchev–Trinajstić information content (AvgIpc) is 2.96. The summed E-state index contributed by atoms with van der Waals surface area (Å²) in [6, 6.07) is 9.24. The molecule has 0 saturated carbocycles. The number of anilines is 2. The molecule has 2 aromatic heterocycles. The maximum atomic E-state index is 11.9.